The summed E-state index contributed by atoms with van der Waals surface area (Å²) in [6.45, 7) is 0. The van der Waals surface area contributed by atoms with Crippen molar-refractivity contribution in [3.8, 4) is 0 Å². The highest BCUT2D eigenvalue weighted by Gasteiger charge is 2.13. The van der Waals surface area contributed by atoms with Crippen LogP contribution in [0.4, 0.5) is 17.1 Å². The van der Waals surface area contributed by atoms with Gasteiger partial charge in [-0.25, -0.2) is 8.42 Å². The number of anilines is 3. The number of carbonyl (C=O) groups excluding carboxylic acids is 1. The molecular formula is C21H19N3O3S. The van der Waals surface area contributed by atoms with Crippen molar-refractivity contribution in [3.63, 3.8) is 0 Å². The molecule has 0 saturated carbocycles. The van der Waals surface area contributed by atoms with Crippen LogP contribution in [-0.2, 0) is 14.8 Å². The van der Waals surface area contributed by atoms with Crippen molar-refractivity contribution in [2.24, 2.45) is 0 Å². The van der Waals surface area contributed by atoms with Gasteiger partial charge in [0.25, 0.3) is 10.0 Å². The van der Waals surface area contributed by atoms with Crippen LogP contribution < -0.4 is 15.8 Å². The summed E-state index contributed by atoms with van der Waals surface area (Å²) in [6.07, 6.45) is 2.95. The number of sulfonamides is 1. The van der Waals surface area contributed by atoms with E-state index in [0.717, 1.165) is 0 Å². The third-order valence-corrected chi connectivity index (χ3v) is 5.24. The third kappa shape index (κ3) is 4.99. The summed E-state index contributed by atoms with van der Waals surface area (Å²) in [5, 5.41) is 2.69. The van der Waals surface area contributed by atoms with Crippen molar-refractivity contribution in [3.05, 3.63) is 90.5 Å². The molecule has 3 rings (SSSR count). The van der Waals surface area contributed by atoms with Crippen LogP contribution in [0.1, 0.15) is 5.56 Å². The molecule has 0 aliphatic rings. The standard InChI is InChI=1S/C21H19N3O3S/c22-19-11-4-5-12-20(19)23-21(25)14-13-16-7-6-8-17(15-16)24-28(26,27)18-9-2-1-3-10-18/h1-15,24H,22H2,(H,23,25)/b14-13+. The van der Waals surface area contributed by atoms with Crippen LogP contribution in [0.15, 0.2) is 89.8 Å². The van der Waals surface area contributed by atoms with E-state index in [2.05, 4.69) is 10.0 Å². The largest absolute Gasteiger partial charge is 0.397 e. The van der Waals surface area contributed by atoms with E-state index < -0.39 is 10.0 Å². The molecule has 0 fully saturated rings. The molecule has 3 aromatic rings. The number of hydrogen-bond donors (Lipinski definition) is 3. The first kappa shape index (κ1) is 19.2. The molecule has 0 saturated heterocycles. The molecule has 3 aromatic carbocycles. The highest BCUT2D eigenvalue weighted by Crippen LogP contribution is 2.19. The zero-order valence-electron chi connectivity index (χ0n) is 14.9. The summed E-state index contributed by atoms with van der Waals surface area (Å²) in [5.41, 5.74) is 7.87. The number of nitrogens with one attached hydrogen (secondary N) is 2. The van der Waals surface area contributed by atoms with Gasteiger partial charge in [0.2, 0.25) is 5.91 Å². The maximum absolute atomic E-state index is 12.4. The third-order valence-electron chi connectivity index (χ3n) is 3.84. The number of carbonyl (C=O) groups is 1. The number of nitrogen functional groups attached to an aromatic ring is 1. The summed E-state index contributed by atoms with van der Waals surface area (Å²) < 4.78 is 27.3. The highest BCUT2D eigenvalue weighted by atomic mass is 32.2. The molecule has 142 valence electrons. The molecular weight excluding hydrogens is 374 g/mol. The Hall–Kier alpha value is -3.58. The van der Waals surface area contributed by atoms with Crippen molar-refractivity contribution in [1.29, 1.82) is 0 Å². The Morgan fingerprint density at radius 1 is 0.893 bits per heavy atom. The van der Waals surface area contributed by atoms with Crippen LogP contribution in [-0.4, -0.2) is 14.3 Å². The molecule has 7 heteroatoms. The fourth-order valence-electron chi connectivity index (χ4n) is 2.48. The number of rotatable bonds is 6. The molecule has 0 bridgehead atoms. The van der Waals surface area contributed by atoms with E-state index in [1.54, 1.807) is 72.8 Å². The lowest BCUT2D eigenvalue weighted by atomic mass is 10.2. The number of hydrogen-bond acceptors (Lipinski definition) is 4. The van der Waals surface area contributed by atoms with E-state index in [9.17, 15) is 13.2 Å². The monoisotopic (exact) mass is 393 g/mol. The summed E-state index contributed by atoms with van der Waals surface area (Å²) in [6, 6.07) is 21.8. The molecule has 0 atom stereocenters. The average Bonchev–Trinajstić information content (AvgIpc) is 2.69. The van der Waals surface area contributed by atoms with Gasteiger partial charge in [-0.2, -0.15) is 0 Å². The molecule has 0 aliphatic carbocycles. The lowest BCUT2D eigenvalue weighted by Crippen LogP contribution is -2.12. The van der Waals surface area contributed by atoms with Gasteiger partial charge in [-0.3, -0.25) is 9.52 Å². The second-order valence-electron chi connectivity index (χ2n) is 5.95. The predicted octanol–water partition coefficient (Wildman–Crippen LogP) is 3.72. The molecule has 0 radical (unpaired) electrons. The Morgan fingerprint density at radius 2 is 1.61 bits per heavy atom. The average molecular weight is 393 g/mol. The molecule has 1 amide bonds. The SMILES string of the molecule is Nc1ccccc1NC(=O)/C=C/c1cccc(NS(=O)(=O)c2ccccc2)c1. The van der Waals surface area contributed by atoms with Gasteiger partial charge in [-0.1, -0.05) is 42.5 Å². The maximum Gasteiger partial charge on any atom is 0.261 e. The Morgan fingerprint density at radius 3 is 2.36 bits per heavy atom. The van der Waals surface area contributed by atoms with Crippen LogP contribution in [0.2, 0.25) is 0 Å². The van der Waals surface area contributed by atoms with Gasteiger partial charge in [-0.15, -0.1) is 0 Å². The molecule has 0 aromatic heterocycles. The van der Waals surface area contributed by atoms with Gasteiger partial charge in [0.05, 0.1) is 16.3 Å². The minimum atomic E-state index is -3.67. The van der Waals surface area contributed by atoms with Crippen molar-refractivity contribution in [1.82, 2.24) is 0 Å². The summed E-state index contributed by atoms with van der Waals surface area (Å²) in [4.78, 5) is 12.2. The van der Waals surface area contributed by atoms with E-state index in [1.807, 2.05) is 0 Å². The van der Waals surface area contributed by atoms with Gasteiger partial charge in [0.15, 0.2) is 0 Å². The van der Waals surface area contributed by atoms with Gasteiger partial charge >= 0.3 is 0 Å². The zero-order chi connectivity index (χ0) is 20.0. The van der Waals surface area contributed by atoms with E-state index in [4.69, 9.17) is 5.73 Å². The van der Waals surface area contributed by atoms with Crippen LogP contribution in [0.5, 0.6) is 0 Å². The molecule has 0 unspecified atom stereocenters. The number of para-hydroxylation sites is 2. The van der Waals surface area contributed by atoms with E-state index in [-0.39, 0.29) is 10.8 Å². The Labute approximate surface area is 163 Å². The summed E-state index contributed by atoms with van der Waals surface area (Å²) in [5.74, 6) is -0.340. The topological polar surface area (TPSA) is 101 Å². The van der Waals surface area contributed by atoms with Crippen LogP contribution >= 0.6 is 0 Å². The molecule has 28 heavy (non-hydrogen) atoms. The molecule has 6 nitrogen and oxygen atoms in total. The number of amides is 1. The van der Waals surface area contributed by atoms with Crippen molar-refractivity contribution >= 4 is 39.1 Å². The van der Waals surface area contributed by atoms with Crippen LogP contribution in [0.25, 0.3) is 6.08 Å². The van der Waals surface area contributed by atoms with Crippen molar-refractivity contribution in [2.75, 3.05) is 15.8 Å². The number of benzene rings is 3. The normalized spacial score (nSPS) is 11.3. The minimum absolute atomic E-state index is 0.177. The van der Waals surface area contributed by atoms with Gasteiger partial charge in [0, 0.05) is 11.8 Å². The lowest BCUT2D eigenvalue weighted by molar-refractivity contribution is -0.111. The van der Waals surface area contributed by atoms with Gasteiger partial charge in [-0.05, 0) is 48.0 Å². The van der Waals surface area contributed by atoms with Crippen LogP contribution in [0.3, 0.4) is 0 Å². The first-order valence-electron chi connectivity index (χ1n) is 8.45. The predicted molar refractivity (Wildman–Crippen MR) is 112 cm³/mol. The molecule has 0 heterocycles. The Balaban J connectivity index is 1.70. The lowest BCUT2D eigenvalue weighted by Gasteiger charge is -2.08. The Bertz CT molecular complexity index is 1110. The number of nitrogens with two attached hydrogens (primary N) is 1. The summed E-state index contributed by atoms with van der Waals surface area (Å²) >= 11 is 0. The second kappa shape index (κ2) is 8.41. The van der Waals surface area contributed by atoms with E-state index >= 15 is 0 Å². The molecule has 0 spiro atoms. The van der Waals surface area contributed by atoms with Gasteiger partial charge < -0.3 is 11.1 Å². The van der Waals surface area contributed by atoms with Crippen LogP contribution in [0, 0.1) is 0 Å². The first-order chi connectivity index (χ1) is 13.4. The molecule has 0 aliphatic heterocycles. The second-order valence-corrected chi connectivity index (χ2v) is 7.64. The molecule has 4 N–H and O–H groups in total. The maximum atomic E-state index is 12.4. The smallest absolute Gasteiger partial charge is 0.261 e. The first-order valence-corrected chi connectivity index (χ1v) is 9.94. The van der Waals surface area contributed by atoms with Crippen molar-refractivity contribution < 1.29 is 13.2 Å². The quantitative estimate of drug-likeness (QED) is 0.439. The van der Waals surface area contributed by atoms with E-state index in [1.165, 1.54) is 18.2 Å². The minimum Gasteiger partial charge on any atom is -0.397 e. The zero-order valence-corrected chi connectivity index (χ0v) is 15.7. The fourth-order valence-corrected chi connectivity index (χ4v) is 3.55. The Kier molecular flexibility index (Phi) is 5.76. The van der Waals surface area contributed by atoms with E-state index in [0.29, 0.717) is 22.6 Å². The van der Waals surface area contributed by atoms with Crippen molar-refractivity contribution in [2.45, 2.75) is 4.90 Å². The van der Waals surface area contributed by atoms with Gasteiger partial charge in [0.1, 0.15) is 0 Å². The summed E-state index contributed by atoms with van der Waals surface area (Å²) in [7, 11) is -3.67. The highest BCUT2D eigenvalue weighted by molar-refractivity contribution is 7.92. The fraction of sp³-hybridized carbons (Fsp3) is 0.